The second-order valence-electron chi connectivity index (χ2n) is 6.14. The molecule has 0 amide bonds. The van der Waals surface area contributed by atoms with Crippen molar-refractivity contribution in [3.63, 3.8) is 0 Å². The molecule has 0 radical (unpaired) electrons. The van der Waals surface area contributed by atoms with Gasteiger partial charge in [-0.3, -0.25) is 5.10 Å². The van der Waals surface area contributed by atoms with Gasteiger partial charge in [-0.25, -0.2) is 0 Å². The van der Waals surface area contributed by atoms with E-state index in [0.29, 0.717) is 0 Å². The number of H-pyrrole nitrogens is 1. The second kappa shape index (κ2) is 7.41. The molecule has 2 aromatic rings. The second-order valence-corrected chi connectivity index (χ2v) is 6.14. The van der Waals surface area contributed by atoms with E-state index < -0.39 is 0 Å². The minimum atomic E-state index is 0.967. The third-order valence-corrected chi connectivity index (χ3v) is 4.55. The van der Waals surface area contributed by atoms with E-state index in [9.17, 15) is 0 Å². The summed E-state index contributed by atoms with van der Waals surface area (Å²) in [6, 6.07) is 10.7. The van der Waals surface area contributed by atoms with Crippen molar-refractivity contribution in [3.05, 3.63) is 42.1 Å². The van der Waals surface area contributed by atoms with Crippen LogP contribution in [0.5, 0.6) is 0 Å². The first-order valence-electron chi connectivity index (χ1n) is 8.21. The van der Waals surface area contributed by atoms with Gasteiger partial charge < -0.3 is 5.32 Å². The minimum Gasteiger partial charge on any atom is -0.313 e. The molecule has 1 aliphatic carbocycles. The van der Waals surface area contributed by atoms with E-state index >= 15 is 0 Å². The van der Waals surface area contributed by atoms with E-state index in [2.05, 4.69) is 39.8 Å². The van der Waals surface area contributed by atoms with Gasteiger partial charge in [0.05, 0.1) is 5.69 Å². The van der Waals surface area contributed by atoms with Crippen LogP contribution in [-0.4, -0.2) is 16.7 Å². The third kappa shape index (κ3) is 4.18. The topological polar surface area (TPSA) is 40.7 Å². The lowest BCUT2D eigenvalue weighted by molar-refractivity contribution is 0.334. The predicted octanol–water partition coefficient (Wildman–Crippen LogP) is 4.14. The highest BCUT2D eigenvalue weighted by molar-refractivity contribution is 5.58. The summed E-state index contributed by atoms with van der Waals surface area (Å²) < 4.78 is 0. The maximum absolute atomic E-state index is 3.99. The van der Waals surface area contributed by atoms with Gasteiger partial charge in [-0.2, -0.15) is 5.10 Å². The average Bonchev–Trinajstić information content (AvgIpc) is 3.08. The van der Waals surface area contributed by atoms with Crippen molar-refractivity contribution in [2.24, 2.45) is 5.92 Å². The molecular weight excluding hydrogens is 258 g/mol. The van der Waals surface area contributed by atoms with E-state index in [4.69, 9.17) is 0 Å². The van der Waals surface area contributed by atoms with Crippen molar-refractivity contribution in [1.82, 2.24) is 15.5 Å². The Kier molecular flexibility index (Phi) is 5.06. The van der Waals surface area contributed by atoms with Crippen LogP contribution in [0.2, 0.25) is 0 Å². The van der Waals surface area contributed by atoms with Gasteiger partial charge in [-0.05, 0) is 36.1 Å². The van der Waals surface area contributed by atoms with Crippen LogP contribution in [0, 0.1) is 5.92 Å². The number of hydrogen-bond donors (Lipinski definition) is 2. The van der Waals surface area contributed by atoms with Gasteiger partial charge in [-0.1, -0.05) is 56.4 Å². The molecule has 3 rings (SSSR count). The number of rotatable bonds is 6. The summed E-state index contributed by atoms with van der Waals surface area (Å²) in [5, 5.41) is 10.6. The predicted molar refractivity (Wildman–Crippen MR) is 86.9 cm³/mol. The number of nitrogens with zero attached hydrogens (tertiary/aromatic N) is 1. The Hall–Kier alpha value is -1.61. The van der Waals surface area contributed by atoms with Gasteiger partial charge in [0.1, 0.15) is 0 Å². The lowest BCUT2D eigenvalue weighted by atomic mass is 9.87. The lowest BCUT2D eigenvalue weighted by Crippen LogP contribution is -2.19. The van der Waals surface area contributed by atoms with E-state index in [1.807, 2.05) is 6.07 Å². The van der Waals surface area contributed by atoms with Crippen LogP contribution in [-0.2, 0) is 6.54 Å². The summed E-state index contributed by atoms with van der Waals surface area (Å²) in [4.78, 5) is 0. The summed E-state index contributed by atoms with van der Waals surface area (Å²) in [6.45, 7) is 2.11. The number of hydrogen-bond acceptors (Lipinski definition) is 2. The summed E-state index contributed by atoms with van der Waals surface area (Å²) in [5.41, 5.74) is 3.62. The van der Waals surface area contributed by atoms with E-state index in [0.717, 1.165) is 24.7 Å². The van der Waals surface area contributed by atoms with E-state index in [1.165, 1.54) is 49.7 Å². The van der Waals surface area contributed by atoms with Crippen molar-refractivity contribution in [3.8, 4) is 11.3 Å². The highest BCUT2D eigenvalue weighted by atomic mass is 15.1. The largest absolute Gasteiger partial charge is 0.313 e. The van der Waals surface area contributed by atoms with E-state index in [1.54, 1.807) is 6.20 Å². The highest BCUT2D eigenvalue weighted by Gasteiger charge is 2.12. The molecule has 3 heteroatoms. The summed E-state index contributed by atoms with van der Waals surface area (Å²) in [7, 11) is 0. The molecule has 0 saturated heterocycles. The first kappa shape index (κ1) is 14.3. The van der Waals surface area contributed by atoms with Gasteiger partial charge in [0.15, 0.2) is 0 Å². The maximum Gasteiger partial charge on any atom is 0.0650 e. The molecule has 0 aliphatic heterocycles. The monoisotopic (exact) mass is 283 g/mol. The van der Waals surface area contributed by atoms with Crippen LogP contribution >= 0.6 is 0 Å². The SMILES string of the molecule is c1cc(-c2ccc(CNCCC3CCCCC3)cc2)[nH]n1. The van der Waals surface area contributed by atoms with Gasteiger partial charge in [-0.15, -0.1) is 0 Å². The quantitative estimate of drug-likeness (QED) is 0.782. The van der Waals surface area contributed by atoms with Crippen LogP contribution in [0.25, 0.3) is 11.3 Å². The molecule has 0 spiro atoms. The van der Waals surface area contributed by atoms with Gasteiger partial charge >= 0.3 is 0 Å². The fourth-order valence-electron chi connectivity index (χ4n) is 3.23. The normalized spacial score (nSPS) is 16.2. The first-order valence-corrected chi connectivity index (χ1v) is 8.21. The fraction of sp³-hybridized carbons (Fsp3) is 0.500. The molecular formula is C18H25N3. The van der Waals surface area contributed by atoms with Crippen molar-refractivity contribution in [1.29, 1.82) is 0 Å². The zero-order chi connectivity index (χ0) is 14.3. The number of aromatic nitrogens is 2. The number of benzene rings is 1. The van der Waals surface area contributed by atoms with Crippen molar-refractivity contribution in [2.75, 3.05) is 6.54 Å². The van der Waals surface area contributed by atoms with Crippen LogP contribution in [0.15, 0.2) is 36.5 Å². The van der Waals surface area contributed by atoms with Crippen molar-refractivity contribution < 1.29 is 0 Å². The molecule has 3 nitrogen and oxygen atoms in total. The molecule has 0 atom stereocenters. The fourth-order valence-corrected chi connectivity index (χ4v) is 3.23. The van der Waals surface area contributed by atoms with Crippen LogP contribution < -0.4 is 5.32 Å². The van der Waals surface area contributed by atoms with E-state index in [-0.39, 0.29) is 0 Å². The molecule has 0 unspecified atom stereocenters. The molecule has 1 aromatic heterocycles. The average molecular weight is 283 g/mol. The highest BCUT2D eigenvalue weighted by Crippen LogP contribution is 2.25. The molecule has 1 saturated carbocycles. The van der Waals surface area contributed by atoms with Crippen LogP contribution in [0.4, 0.5) is 0 Å². The molecule has 21 heavy (non-hydrogen) atoms. The summed E-state index contributed by atoms with van der Waals surface area (Å²) in [5.74, 6) is 0.967. The van der Waals surface area contributed by atoms with Crippen LogP contribution in [0.3, 0.4) is 0 Å². The zero-order valence-corrected chi connectivity index (χ0v) is 12.6. The minimum absolute atomic E-state index is 0.967. The van der Waals surface area contributed by atoms with Crippen molar-refractivity contribution in [2.45, 2.75) is 45.1 Å². The molecule has 112 valence electrons. The Morgan fingerprint density at radius 3 is 2.57 bits per heavy atom. The first-order chi connectivity index (χ1) is 10.4. The summed E-state index contributed by atoms with van der Waals surface area (Å²) >= 11 is 0. The smallest absolute Gasteiger partial charge is 0.0650 e. The third-order valence-electron chi connectivity index (χ3n) is 4.55. The number of aromatic amines is 1. The lowest BCUT2D eigenvalue weighted by Gasteiger charge is -2.21. The van der Waals surface area contributed by atoms with Gasteiger partial charge in [0.2, 0.25) is 0 Å². The molecule has 1 fully saturated rings. The Morgan fingerprint density at radius 2 is 1.86 bits per heavy atom. The molecule has 1 heterocycles. The summed E-state index contributed by atoms with van der Waals surface area (Å²) in [6.07, 6.45) is 10.4. The van der Waals surface area contributed by atoms with Gasteiger partial charge in [0, 0.05) is 12.7 Å². The Bertz CT molecular complexity index is 510. The maximum atomic E-state index is 3.99. The molecule has 2 N–H and O–H groups in total. The Labute approximate surface area is 127 Å². The number of nitrogens with one attached hydrogen (secondary N) is 2. The van der Waals surface area contributed by atoms with Crippen LogP contribution in [0.1, 0.15) is 44.1 Å². The molecule has 1 aromatic carbocycles. The molecule has 1 aliphatic rings. The Morgan fingerprint density at radius 1 is 1.05 bits per heavy atom. The standard InChI is InChI=1S/C18H25N3/c1-2-4-15(5-3-1)10-12-19-14-16-6-8-17(9-7-16)18-11-13-20-21-18/h6-9,11,13,15,19H,1-5,10,12,14H2,(H,20,21). The molecule has 0 bridgehead atoms. The van der Waals surface area contributed by atoms with Crippen molar-refractivity contribution >= 4 is 0 Å². The zero-order valence-electron chi connectivity index (χ0n) is 12.6. The van der Waals surface area contributed by atoms with Gasteiger partial charge in [0.25, 0.3) is 0 Å². The Balaban J connectivity index is 1.41.